The molecule has 1 rings (SSSR count). The van der Waals surface area contributed by atoms with Gasteiger partial charge < -0.3 is 11.1 Å². The molecule has 90 valence electrons. The van der Waals surface area contributed by atoms with Crippen molar-refractivity contribution in [1.82, 2.24) is 9.97 Å². The molecule has 1 heterocycles. The Balaban J connectivity index is 3.17. The molecule has 0 aliphatic rings. The molecular weight excluding hydrogens is 224 g/mol. The van der Waals surface area contributed by atoms with Crippen molar-refractivity contribution in [3.8, 4) is 0 Å². The third kappa shape index (κ3) is 3.23. The summed E-state index contributed by atoms with van der Waals surface area (Å²) in [6.07, 6.45) is 0. The maximum Gasteiger partial charge on any atom is 0.157 e. The zero-order chi connectivity index (χ0) is 12.5. The van der Waals surface area contributed by atoms with Crippen LogP contribution in [0.4, 0.5) is 11.5 Å². The lowest BCUT2D eigenvalue weighted by atomic mass is 10.1. The van der Waals surface area contributed by atoms with Gasteiger partial charge in [0.15, 0.2) is 11.0 Å². The molecule has 0 bridgehead atoms. The monoisotopic (exact) mass is 242 g/mol. The maximum atomic E-state index is 5.98. The number of hydrogen-bond acceptors (Lipinski definition) is 4. The van der Waals surface area contributed by atoms with Crippen molar-refractivity contribution in [3.05, 3.63) is 11.0 Å². The van der Waals surface area contributed by atoms with Crippen LogP contribution in [0, 0.1) is 0 Å². The largest absolute Gasteiger partial charge is 0.393 e. The number of nitrogens with zero attached hydrogens (tertiary/aromatic N) is 2. The molecule has 4 nitrogen and oxygen atoms in total. The zero-order valence-corrected chi connectivity index (χ0v) is 11.2. The Morgan fingerprint density at radius 2 is 1.81 bits per heavy atom. The van der Waals surface area contributed by atoms with Crippen LogP contribution < -0.4 is 11.1 Å². The van der Waals surface area contributed by atoms with Crippen LogP contribution in [0.2, 0.25) is 5.15 Å². The van der Waals surface area contributed by atoms with Gasteiger partial charge in [-0.1, -0.05) is 25.4 Å². The molecule has 0 radical (unpaired) electrons. The van der Waals surface area contributed by atoms with E-state index in [-0.39, 0.29) is 11.5 Å². The molecule has 0 amide bonds. The van der Waals surface area contributed by atoms with Crippen molar-refractivity contribution >= 4 is 23.1 Å². The number of nitrogens with one attached hydrogen (secondary N) is 1. The fourth-order valence-corrected chi connectivity index (χ4v) is 1.34. The van der Waals surface area contributed by atoms with Crippen LogP contribution in [0.1, 0.15) is 46.4 Å². The first-order valence-corrected chi connectivity index (χ1v) is 5.69. The number of halogens is 1. The van der Waals surface area contributed by atoms with Crippen LogP contribution in [-0.4, -0.2) is 15.5 Å². The standard InChI is InChI=1S/C11H19ClN4/c1-6(2)9-14-8(12)7(13)10(15-9)16-11(3,4)5/h6H,13H2,1-5H3,(H,14,15,16). The molecule has 0 fully saturated rings. The van der Waals surface area contributed by atoms with Crippen molar-refractivity contribution in [3.63, 3.8) is 0 Å². The summed E-state index contributed by atoms with van der Waals surface area (Å²) in [6, 6.07) is 0. The summed E-state index contributed by atoms with van der Waals surface area (Å²) < 4.78 is 0. The molecule has 16 heavy (non-hydrogen) atoms. The Labute approximate surface area is 102 Å². The maximum absolute atomic E-state index is 5.98. The molecule has 0 aliphatic heterocycles. The fraction of sp³-hybridized carbons (Fsp3) is 0.636. The van der Waals surface area contributed by atoms with Crippen LogP contribution in [0.5, 0.6) is 0 Å². The number of nitrogens with two attached hydrogens (primary N) is 1. The highest BCUT2D eigenvalue weighted by atomic mass is 35.5. The number of anilines is 2. The number of hydrogen-bond donors (Lipinski definition) is 2. The topological polar surface area (TPSA) is 63.8 Å². The minimum atomic E-state index is -0.111. The Kier molecular flexibility index (Phi) is 3.63. The Hall–Kier alpha value is -1.03. The molecule has 0 aliphatic carbocycles. The molecule has 3 N–H and O–H groups in total. The highest BCUT2D eigenvalue weighted by molar-refractivity contribution is 6.32. The van der Waals surface area contributed by atoms with Gasteiger partial charge in [0, 0.05) is 11.5 Å². The van der Waals surface area contributed by atoms with E-state index in [1.807, 2.05) is 34.6 Å². The molecule has 1 aromatic heterocycles. The third-order valence-electron chi connectivity index (χ3n) is 1.93. The van der Waals surface area contributed by atoms with E-state index in [9.17, 15) is 0 Å². The summed E-state index contributed by atoms with van der Waals surface area (Å²) in [6.45, 7) is 10.2. The summed E-state index contributed by atoms with van der Waals surface area (Å²) in [5, 5.41) is 3.54. The lowest BCUT2D eigenvalue weighted by Gasteiger charge is -2.23. The predicted octanol–water partition coefficient (Wildman–Crippen LogP) is 3.05. The second-order valence-electron chi connectivity index (χ2n) is 5.16. The Morgan fingerprint density at radius 1 is 1.25 bits per heavy atom. The zero-order valence-electron chi connectivity index (χ0n) is 10.4. The van der Waals surface area contributed by atoms with E-state index in [0.29, 0.717) is 22.5 Å². The van der Waals surface area contributed by atoms with Crippen LogP contribution >= 0.6 is 11.6 Å². The lowest BCUT2D eigenvalue weighted by molar-refractivity contribution is 0.628. The highest BCUT2D eigenvalue weighted by Gasteiger charge is 2.17. The van der Waals surface area contributed by atoms with Crippen LogP contribution in [0.15, 0.2) is 0 Å². The van der Waals surface area contributed by atoms with Crippen LogP contribution in [-0.2, 0) is 0 Å². The van der Waals surface area contributed by atoms with Crippen molar-refractivity contribution in [1.29, 1.82) is 0 Å². The summed E-state index contributed by atoms with van der Waals surface area (Å²) in [5.74, 6) is 1.53. The van der Waals surface area contributed by atoms with Crippen LogP contribution in [0.25, 0.3) is 0 Å². The van der Waals surface area contributed by atoms with E-state index in [1.165, 1.54) is 0 Å². The quantitative estimate of drug-likeness (QED) is 0.783. The van der Waals surface area contributed by atoms with Crippen molar-refractivity contribution < 1.29 is 0 Å². The van der Waals surface area contributed by atoms with E-state index in [0.717, 1.165) is 0 Å². The first-order chi connectivity index (χ1) is 7.20. The van der Waals surface area contributed by atoms with Gasteiger partial charge in [0.05, 0.1) is 0 Å². The van der Waals surface area contributed by atoms with Gasteiger partial charge in [-0.2, -0.15) is 0 Å². The normalized spacial score (nSPS) is 11.9. The third-order valence-corrected chi connectivity index (χ3v) is 2.21. The van der Waals surface area contributed by atoms with Gasteiger partial charge in [0.25, 0.3) is 0 Å². The number of nitrogen functional groups attached to an aromatic ring is 1. The number of aromatic nitrogens is 2. The van der Waals surface area contributed by atoms with Crippen molar-refractivity contribution in [2.24, 2.45) is 0 Å². The van der Waals surface area contributed by atoms with Crippen molar-refractivity contribution in [2.75, 3.05) is 11.1 Å². The summed E-state index contributed by atoms with van der Waals surface area (Å²) in [5.41, 5.74) is 6.13. The summed E-state index contributed by atoms with van der Waals surface area (Å²) in [7, 11) is 0. The molecular formula is C11H19ClN4. The minimum absolute atomic E-state index is 0.111. The average Bonchev–Trinajstić information content (AvgIpc) is 2.10. The van der Waals surface area contributed by atoms with E-state index >= 15 is 0 Å². The summed E-state index contributed by atoms with van der Waals surface area (Å²) in [4.78, 5) is 8.54. The predicted molar refractivity (Wildman–Crippen MR) is 68.9 cm³/mol. The van der Waals surface area contributed by atoms with E-state index < -0.39 is 0 Å². The lowest BCUT2D eigenvalue weighted by Crippen LogP contribution is -2.27. The molecule has 0 aromatic carbocycles. The molecule has 1 aromatic rings. The molecule has 5 heteroatoms. The SMILES string of the molecule is CC(C)c1nc(Cl)c(N)c(NC(C)(C)C)n1. The first kappa shape index (κ1) is 13.0. The summed E-state index contributed by atoms with van der Waals surface area (Å²) >= 11 is 5.98. The van der Waals surface area contributed by atoms with Gasteiger partial charge in [-0.3, -0.25) is 0 Å². The molecule has 0 saturated heterocycles. The van der Waals surface area contributed by atoms with Gasteiger partial charge in [-0.05, 0) is 20.8 Å². The van der Waals surface area contributed by atoms with E-state index in [1.54, 1.807) is 0 Å². The molecule has 0 saturated carbocycles. The van der Waals surface area contributed by atoms with Gasteiger partial charge >= 0.3 is 0 Å². The smallest absolute Gasteiger partial charge is 0.157 e. The minimum Gasteiger partial charge on any atom is -0.393 e. The number of rotatable bonds is 2. The van der Waals surface area contributed by atoms with Gasteiger partial charge in [-0.25, -0.2) is 9.97 Å². The Morgan fingerprint density at radius 3 is 2.25 bits per heavy atom. The van der Waals surface area contributed by atoms with Gasteiger partial charge in [0.1, 0.15) is 11.5 Å². The van der Waals surface area contributed by atoms with E-state index in [2.05, 4.69) is 15.3 Å². The van der Waals surface area contributed by atoms with E-state index in [4.69, 9.17) is 17.3 Å². The molecule has 0 spiro atoms. The fourth-order valence-electron chi connectivity index (χ4n) is 1.17. The van der Waals surface area contributed by atoms with Crippen LogP contribution in [0.3, 0.4) is 0 Å². The average molecular weight is 243 g/mol. The van der Waals surface area contributed by atoms with Gasteiger partial charge in [-0.15, -0.1) is 0 Å². The molecule has 0 unspecified atom stereocenters. The van der Waals surface area contributed by atoms with Gasteiger partial charge in [0.2, 0.25) is 0 Å². The highest BCUT2D eigenvalue weighted by Crippen LogP contribution is 2.27. The Bertz CT molecular complexity index is 382. The second kappa shape index (κ2) is 4.45. The van der Waals surface area contributed by atoms with Crippen molar-refractivity contribution in [2.45, 2.75) is 46.1 Å². The molecule has 0 atom stereocenters. The second-order valence-corrected chi connectivity index (χ2v) is 5.52. The first-order valence-electron chi connectivity index (χ1n) is 5.32.